The first-order chi connectivity index (χ1) is 12.8. The Bertz CT molecular complexity index is 681. The fourth-order valence-electron chi connectivity index (χ4n) is 3.01. The van der Waals surface area contributed by atoms with Crippen molar-refractivity contribution < 1.29 is 14.1 Å². The standard InChI is InChI=1S/C19H26N4O3/c1-2-10-20-19(24)23-11-8-16(9-12-23)18-21-17(26-22-18)14-25-13-15-6-4-3-5-7-15/h3-7,16H,2,8-14H2,1H3,(H,20,24). The summed E-state index contributed by atoms with van der Waals surface area (Å²) in [7, 11) is 0. The maximum Gasteiger partial charge on any atom is 0.317 e. The van der Waals surface area contributed by atoms with Gasteiger partial charge in [0.15, 0.2) is 5.82 Å². The highest BCUT2D eigenvalue weighted by Gasteiger charge is 2.26. The van der Waals surface area contributed by atoms with Crippen LogP contribution in [0.3, 0.4) is 0 Å². The van der Waals surface area contributed by atoms with E-state index in [1.54, 1.807) is 0 Å². The number of piperidine rings is 1. The number of hydrogen-bond acceptors (Lipinski definition) is 5. The van der Waals surface area contributed by atoms with Crippen molar-refractivity contribution in [2.24, 2.45) is 0 Å². The molecule has 2 heterocycles. The van der Waals surface area contributed by atoms with Gasteiger partial charge in [-0.1, -0.05) is 42.4 Å². The Morgan fingerprint density at radius 1 is 1.27 bits per heavy atom. The molecule has 1 aliphatic rings. The molecule has 26 heavy (non-hydrogen) atoms. The first kappa shape index (κ1) is 18.4. The van der Waals surface area contributed by atoms with Gasteiger partial charge in [0.25, 0.3) is 5.89 Å². The number of benzene rings is 1. The molecule has 1 N–H and O–H groups in total. The lowest BCUT2D eigenvalue weighted by Crippen LogP contribution is -2.44. The first-order valence-electron chi connectivity index (χ1n) is 9.23. The lowest BCUT2D eigenvalue weighted by atomic mass is 9.96. The summed E-state index contributed by atoms with van der Waals surface area (Å²) in [5.41, 5.74) is 1.11. The first-order valence-corrected chi connectivity index (χ1v) is 9.23. The number of amides is 2. The number of ether oxygens (including phenoxy) is 1. The highest BCUT2D eigenvalue weighted by molar-refractivity contribution is 5.74. The summed E-state index contributed by atoms with van der Waals surface area (Å²) in [6, 6.07) is 10.0. The van der Waals surface area contributed by atoms with Crippen molar-refractivity contribution in [1.82, 2.24) is 20.4 Å². The van der Waals surface area contributed by atoms with Crippen LogP contribution >= 0.6 is 0 Å². The van der Waals surface area contributed by atoms with E-state index in [0.717, 1.165) is 37.2 Å². The summed E-state index contributed by atoms with van der Waals surface area (Å²) >= 11 is 0. The minimum absolute atomic E-state index is 0.0217. The van der Waals surface area contributed by atoms with Crippen LogP contribution in [0.5, 0.6) is 0 Å². The largest absolute Gasteiger partial charge is 0.367 e. The van der Waals surface area contributed by atoms with Crippen molar-refractivity contribution in [2.75, 3.05) is 19.6 Å². The summed E-state index contributed by atoms with van der Waals surface area (Å²) in [4.78, 5) is 18.3. The van der Waals surface area contributed by atoms with Crippen LogP contribution in [0.15, 0.2) is 34.9 Å². The molecule has 0 unspecified atom stereocenters. The van der Waals surface area contributed by atoms with Crippen LogP contribution in [0.25, 0.3) is 0 Å². The van der Waals surface area contributed by atoms with Gasteiger partial charge in [-0.25, -0.2) is 4.79 Å². The second-order valence-electron chi connectivity index (χ2n) is 6.52. The number of urea groups is 1. The summed E-state index contributed by atoms with van der Waals surface area (Å²) < 4.78 is 10.9. The molecule has 3 rings (SSSR count). The van der Waals surface area contributed by atoms with E-state index in [-0.39, 0.29) is 11.9 Å². The molecular weight excluding hydrogens is 332 g/mol. The van der Waals surface area contributed by atoms with Crippen molar-refractivity contribution in [3.8, 4) is 0 Å². The number of rotatable bonds is 7. The second kappa shape index (κ2) is 9.33. The molecular formula is C19H26N4O3. The van der Waals surface area contributed by atoms with Gasteiger partial charge in [-0.15, -0.1) is 0 Å². The van der Waals surface area contributed by atoms with Crippen LogP contribution in [-0.2, 0) is 18.0 Å². The van der Waals surface area contributed by atoms with Crippen LogP contribution in [-0.4, -0.2) is 40.7 Å². The van der Waals surface area contributed by atoms with Crippen molar-refractivity contribution >= 4 is 6.03 Å². The Morgan fingerprint density at radius 3 is 2.77 bits per heavy atom. The van der Waals surface area contributed by atoms with E-state index >= 15 is 0 Å². The molecule has 2 amide bonds. The third kappa shape index (κ3) is 5.05. The molecule has 140 valence electrons. The molecule has 0 spiro atoms. The van der Waals surface area contributed by atoms with Gasteiger partial charge in [0.1, 0.15) is 6.61 Å². The molecule has 0 saturated carbocycles. The summed E-state index contributed by atoms with van der Waals surface area (Å²) in [6.07, 6.45) is 2.65. The average Bonchev–Trinajstić information content (AvgIpc) is 3.16. The van der Waals surface area contributed by atoms with Gasteiger partial charge in [-0.3, -0.25) is 0 Å². The molecule has 2 aromatic rings. The van der Waals surface area contributed by atoms with Crippen LogP contribution in [0.1, 0.15) is 49.4 Å². The van der Waals surface area contributed by atoms with Gasteiger partial charge in [0.05, 0.1) is 6.61 Å². The SMILES string of the molecule is CCCNC(=O)N1CCC(c2noc(COCc3ccccc3)n2)CC1. The van der Waals surface area contributed by atoms with Gasteiger partial charge < -0.3 is 19.5 Å². The minimum atomic E-state index is 0.0217. The van der Waals surface area contributed by atoms with Crippen LogP contribution in [0, 0.1) is 0 Å². The minimum Gasteiger partial charge on any atom is -0.367 e. The Labute approximate surface area is 153 Å². The maximum atomic E-state index is 12.0. The second-order valence-corrected chi connectivity index (χ2v) is 6.52. The molecule has 1 aromatic heterocycles. The summed E-state index contributed by atoms with van der Waals surface area (Å²) in [5.74, 6) is 1.45. The quantitative estimate of drug-likeness (QED) is 0.823. The summed E-state index contributed by atoms with van der Waals surface area (Å²) in [5, 5.41) is 7.02. The number of carbonyl (C=O) groups is 1. The molecule has 7 nitrogen and oxygen atoms in total. The van der Waals surface area contributed by atoms with E-state index in [2.05, 4.69) is 15.5 Å². The Hall–Kier alpha value is -2.41. The summed E-state index contributed by atoms with van der Waals surface area (Å²) in [6.45, 7) is 5.02. The molecule has 7 heteroatoms. The van der Waals surface area contributed by atoms with Gasteiger partial charge >= 0.3 is 6.03 Å². The Morgan fingerprint density at radius 2 is 2.04 bits per heavy atom. The van der Waals surface area contributed by atoms with Crippen LogP contribution in [0.2, 0.25) is 0 Å². The lowest BCUT2D eigenvalue weighted by Gasteiger charge is -2.30. The van der Waals surface area contributed by atoms with Crippen LogP contribution < -0.4 is 5.32 Å². The van der Waals surface area contributed by atoms with E-state index in [1.165, 1.54) is 0 Å². The lowest BCUT2D eigenvalue weighted by molar-refractivity contribution is 0.0850. The number of nitrogens with zero attached hydrogens (tertiary/aromatic N) is 3. The fraction of sp³-hybridized carbons (Fsp3) is 0.526. The zero-order valence-corrected chi connectivity index (χ0v) is 15.2. The van der Waals surface area contributed by atoms with Gasteiger partial charge in [-0.2, -0.15) is 4.98 Å². The van der Waals surface area contributed by atoms with Gasteiger partial charge in [0, 0.05) is 25.6 Å². The van der Waals surface area contributed by atoms with E-state index in [9.17, 15) is 4.79 Å². The predicted octanol–water partition coefficient (Wildman–Crippen LogP) is 3.09. The zero-order valence-electron chi connectivity index (χ0n) is 15.2. The third-order valence-electron chi connectivity index (χ3n) is 4.49. The molecule has 1 fully saturated rings. The molecule has 1 aliphatic heterocycles. The molecule has 1 saturated heterocycles. The highest BCUT2D eigenvalue weighted by Crippen LogP contribution is 2.26. The van der Waals surface area contributed by atoms with Crippen molar-refractivity contribution in [3.63, 3.8) is 0 Å². The van der Waals surface area contributed by atoms with Crippen molar-refractivity contribution in [3.05, 3.63) is 47.6 Å². The number of hydrogen-bond donors (Lipinski definition) is 1. The van der Waals surface area contributed by atoms with E-state index in [4.69, 9.17) is 9.26 Å². The van der Waals surface area contributed by atoms with Gasteiger partial charge in [-0.05, 0) is 24.8 Å². The van der Waals surface area contributed by atoms with Crippen molar-refractivity contribution in [1.29, 1.82) is 0 Å². The highest BCUT2D eigenvalue weighted by atomic mass is 16.5. The Balaban J connectivity index is 1.43. The Kier molecular flexibility index (Phi) is 6.60. The number of nitrogens with one attached hydrogen (secondary N) is 1. The smallest absolute Gasteiger partial charge is 0.317 e. The van der Waals surface area contributed by atoms with Crippen molar-refractivity contribution in [2.45, 2.75) is 45.3 Å². The molecule has 0 radical (unpaired) electrons. The number of aromatic nitrogens is 2. The molecule has 1 aromatic carbocycles. The predicted molar refractivity (Wildman–Crippen MR) is 96.5 cm³/mol. The monoisotopic (exact) mass is 358 g/mol. The van der Waals surface area contributed by atoms with E-state index in [1.807, 2.05) is 42.2 Å². The molecule has 0 aliphatic carbocycles. The topological polar surface area (TPSA) is 80.5 Å². The fourth-order valence-corrected chi connectivity index (χ4v) is 3.01. The number of likely N-dealkylation sites (tertiary alicyclic amines) is 1. The third-order valence-corrected chi connectivity index (χ3v) is 4.49. The number of carbonyl (C=O) groups excluding carboxylic acids is 1. The van der Waals surface area contributed by atoms with Gasteiger partial charge in [0.2, 0.25) is 0 Å². The average molecular weight is 358 g/mol. The van der Waals surface area contributed by atoms with E-state index < -0.39 is 0 Å². The molecule has 0 bridgehead atoms. The van der Waals surface area contributed by atoms with E-state index in [0.29, 0.717) is 32.2 Å². The van der Waals surface area contributed by atoms with Crippen LogP contribution in [0.4, 0.5) is 4.79 Å². The maximum absolute atomic E-state index is 12.0. The zero-order chi connectivity index (χ0) is 18.2. The normalized spacial score (nSPS) is 15.2. The molecule has 0 atom stereocenters.